The molecule has 0 aromatic heterocycles. The first kappa shape index (κ1) is 18.5. The molecule has 2 unspecified atom stereocenters. The summed E-state index contributed by atoms with van der Waals surface area (Å²) in [6.07, 6.45) is -4.47. The van der Waals surface area contributed by atoms with Gasteiger partial charge in [-0.15, -0.1) is 11.6 Å². The summed E-state index contributed by atoms with van der Waals surface area (Å²) in [6.45, 7) is 6.41. The van der Waals surface area contributed by atoms with Crippen molar-refractivity contribution in [3.63, 3.8) is 0 Å². The van der Waals surface area contributed by atoms with Crippen LogP contribution in [0.2, 0.25) is 19.1 Å². The summed E-state index contributed by atoms with van der Waals surface area (Å²) in [5, 5.41) is -2.02. The molecule has 0 heterocycles. The number of thioether (sulfide) groups is 1. The Morgan fingerprint density at radius 1 is 1.44 bits per heavy atom. The molecule has 0 saturated carbocycles. The fourth-order valence-corrected chi connectivity index (χ4v) is 5.75. The SMILES string of the molecule is CCOC(=S)SC(CC(Cl)C(F)(F)F)C[SiH](C)C. The lowest BCUT2D eigenvalue weighted by molar-refractivity contribution is -0.131. The van der Waals surface area contributed by atoms with Gasteiger partial charge in [0.15, 0.2) is 0 Å². The third kappa shape index (κ3) is 8.61. The third-order valence-electron chi connectivity index (χ3n) is 2.08. The third-order valence-corrected chi connectivity index (χ3v) is 5.80. The Balaban J connectivity index is 4.44. The first-order valence-electron chi connectivity index (χ1n) is 5.71. The molecular weight excluding hydrogens is 321 g/mol. The van der Waals surface area contributed by atoms with Gasteiger partial charge in [0, 0.05) is 14.0 Å². The molecule has 1 nitrogen and oxygen atoms in total. The van der Waals surface area contributed by atoms with E-state index < -0.39 is 20.4 Å². The molecule has 0 aliphatic rings. The summed E-state index contributed by atoms with van der Waals surface area (Å²) in [5.41, 5.74) is 0. The van der Waals surface area contributed by atoms with Gasteiger partial charge in [-0.3, -0.25) is 0 Å². The largest absolute Gasteiger partial charge is 0.479 e. The normalized spacial score (nSPS) is 15.6. The van der Waals surface area contributed by atoms with Crippen LogP contribution >= 0.6 is 35.6 Å². The summed E-state index contributed by atoms with van der Waals surface area (Å²) < 4.78 is 42.7. The quantitative estimate of drug-likeness (QED) is 0.402. The van der Waals surface area contributed by atoms with E-state index in [4.69, 9.17) is 28.6 Å². The fourth-order valence-electron chi connectivity index (χ4n) is 1.37. The molecule has 8 heteroatoms. The maximum atomic E-state index is 12.4. The van der Waals surface area contributed by atoms with E-state index in [0.29, 0.717) is 11.0 Å². The van der Waals surface area contributed by atoms with Crippen LogP contribution in [0, 0.1) is 0 Å². The van der Waals surface area contributed by atoms with E-state index in [1.54, 1.807) is 6.92 Å². The highest BCUT2D eigenvalue weighted by Crippen LogP contribution is 2.33. The van der Waals surface area contributed by atoms with E-state index in [-0.39, 0.29) is 11.7 Å². The highest BCUT2D eigenvalue weighted by atomic mass is 35.5. The van der Waals surface area contributed by atoms with Crippen LogP contribution in [-0.4, -0.2) is 36.6 Å². The summed E-state index contributed by atoms with van der Waals surface area (Å²) >= 11 is 11.6. The van der Waals surface area contributed by atoms with Crippen LogP contribution < -0.4 is 0 Å². The molecule has 0 aliphatic heterocycles. The lowest BCUT2D eigenvalue weighted by Gasteiger charge is -2.22. The molecule has 2 atom stereocenters. The summed E-state index contributed by atoms with van der Waals surface area (Å²) in [5.74, 6) is 0. The topological polar surface area (TPSA) is 9.23 Å². The number of hydrogen-bond acceptors (Lipinski definition) is 3. The average molecular weight is 339 g/mol. The molecule has 0 N–H and O–H groups in total. The minimum absolute atomic E-state index is 0.117. The van der Waals surface area contributed by atoms with Crippen molar-refractivity contribution in [2.24, 2.45) is 0 Å². The molecule has 18 heavy (non-hydrogen) atoms. The zero-order valence-corrected chi connectivity index (χ0v) is 14.1. The van der Waals surface area contributed by atoms with Crippen molar-refractivity contribution in [1.29, 1.82) is 0 Å². The Bertz CT molecular complexity index is 264. The van der Waals surface area contributed by atoms with Crippen LogP contribution in [0.5, 0.6) is 0 Å². The maximum Gasteiger partial charge on any atom is 0.404 e. The molecule has 0 amide bonds. The lowest BCUT2D eigenvalue weighted by atomic mass is 10.2. The van der Waals surface area contributed by atoms with Crippen molar-refractivity contribution in [2.45, 2.75) is 49.3 Å². The first-order chi connectivity index (χ1) is 8.16. The van der Waals surface area contributed by atoms with Crippen molar-refractivity contribution in [2.75, 3.05) is 6.61 Å². The van der Waals surface area contributed by atoms with Crippen molar-refractivity contribution >= 4 is 48.8 Å². The van der Waals surface area contributed by atoms with Crippen LogP contribution in [0.15, 0.2) is 0 Å². The molecule has 0 aromatic rings. The highest BCUT2D eigenvalue weighted by molar-refractivity contribution is 8.23. The number of rotatable bonds is 6. The monoisotopic (exact) mass is 338 g/mol. The zero-order chi connectivity index (χ0) is 14.3. The number of ether oxygens (including phenoxy) is 1. The number of hydrogen-bond donors (Lipinski definition) is 0. The summed E-state index contributed by atoms with van der Waals surface area (Å²) in [6, 6.07) is 0.761. The Morgan fingerprint density at radius 3 is 2.39 bits per heavy atom. The van der Waals surface area contributed by atoms with Crippen LogP contribution in [0.25, 0.3) is 0 Å². The second-order valence-corrected chi connectivity index (χ2v) is 9.99. The van der Waals surface area contributed by atoms with Gasteiger partial charge in [0.25, 0.3) is 0 Å². The Morgan fingerprint density at radius 2 is 2.00 bits per heavy atom. The second kappa shape index (κ2) is 8.66. The number of halogens is 4. The van der Waals surface area contributed by atoms with Crippen LogP contribution in [0.3, 0.4) is 0 Å². The van der Waals surface area contributed by atoms with Gasteiger partial charge in [-0.2, -0.15) is 13.2 Å². The van der Waals surface area contributed by atoms with E-state index in [1.165, 1.54) is 11.8 Å². The zero-order valence-electron chi connectivity index (χ0n) is 10.6. The van der Waals surface area contributed by atoms with Gasteiger partial charge in [0.05, 0.1) is 6.61 Å². The van der Waals surface area contributed by atoms with Gasteiger partial charge in [0.1, 0.15) is 5.38 Å². The maximum absolute atomic E-state index is 12.4. The Hall–Kier alpha value is 0.537. The molecule has 0 aromatic carbocycles. The molecule has 108 valence electrons. The van der Waals surface area contributed by atoms with Crippen LogP contribution in [0.1, 0.15) is 13.3 Å². The predicted octanol–water partition coefficient (Wildman–Crippen LogP) is 4.46. The molecular formula is C10H18ClF3OS2Si. The molecule has 0 bridgehead atoms. The van der Waals surface area contributed by atoms with E-state index in [9.17, 15) is 13.2 Å². The van der Waals surface area contributed by atoms with E-state index in [2.05, 4.69) is 13.1 Å². The van der Waals surface area contributed by atoms with Crippen molar-refractivity contribution in [3.8, 4) is 0 Å². The molecule has 0 spiro atoms. The summed E-state index contributed by atoms with van der Waals surface area (Å²) in [7, 11) is -0.982. The lowest BCUT2D eigenvalue weighted by Crippen LogP contribution is -2.28. The fraction of sp³-hybridized carbons (Fsp3) is 0.900. The van der Waals surface area contributed by atoms with E-state index in [0.717, 1.165) is 6.04 Å². The van der Waals surface area contributed by atoms with Gasteiger partial charge < -0.3 is 4.74 Å². The number of alkyl halides is 4. The highest BCUT2D eigenvalue weighted by Gasteiger charge is 2.39. The predicted molar refractivity (Wildman–Crippen MR) is 79.6 cm³/mol. The van der Waals surface area contributed by atoms with Crippen LogP contribution in [0.4, 0.5) is 13.2 Å². The number of thiocarbonyl (C=S) groups is 1. The second-order valence-electron chi connectivity index (χ2n) is 4.30. The molecule has 0 rings (SSSR count). The standard InChI is InChI=1S/C10H18ClF3OS2Si/c1-4-15-9(16)17-7(6-18(2)3)5-8(11)10(12,13)14/h7-8,18H,4-6H2,1-3H3. The summed E-state index contributed by atoms with van der Waals surface area (Å²) in [4.78, 5) is 0. The van der Waals surface area contributed by atoms with Gasteiger partial charge in [-0.05, 0) is 31.6 Å². The molecule has 0 fully saturated rings. The van der Waals surface area contributed by atoms with Gasteiger partial charge in [-0.25, -0.2) is 0 Å². The van der Waals surface area contributed by atoms with Crippen molar-refractivity contribution < 1.29 is 17.9 Å². The van der Waals surface area contributed by atoms with E-state index >= 15 is 0 Å². The van der Waals surface area contributed by atoms with E-state index in [1.807, 2.05) is 0 Å². The van der Waals surface area contributed by atoms with Gasteiger partial charge in [0.2, 0.25) is 4.38 Å². The minimum atomic E-state index is -4.36. The van der Waals surface area contributed by atoms with Gasteiger partial charge in [-0.1, -0.05) is 24.9 Å². The van der Waals surface area contributed by atoms with Crippen molar-refractivity contribution in [1.82, 2.24) is 0 Å². The minimum Gasteiger partial charge on any atom is -0.479 e. The smallest absolute Gasteiger partial charge is 0.404 e. The van der Waals surface area contributed by atoms with Crippen molar-refractivity contribution in [3.05, 3.63) is 0 Å². The molecule has 0 saturated heterocycles. The average Bonchev–Trinajstić information content (AvgIpc) is 2.14. The first-order valence-corrected chi connectivity index (χ1v) is 10.6. The Labute approximate surface area is 122 Å². The molecule has 0 aliphatic carbocycles. The molecule has 0 radical (unpaired) electrons. The van der Waals surface area contributed by atoms with Crippen LogP contribution in [-0.2, 0) is 4.74 Å². The Kier molecular flexibility index (Phi) is 8.92. The van der Waals surface area contributed by atoms with Gasteiger partial charge >= 0.3 is 6.18 Å².